The topological polar surface area (TPSA) is 50.2 Å². The SMILES string of the molecule is C/C(=N\Nc1cc(Cl)nc(C)n1)c1ccc(Cl)c(Cl)c1. The van der Waals surface area contributed by atoms with Crippen LogP contribution in [0.1, 0.15) is 18.3 Å². The summed E-state index contributed by atoms with van der Waals surface area (Å²) in [5.41, 5.74) is 4.45. The maximum atomic E-state index is 5.97. The van der Waals surface area contributed by atoms with Crippen LogP contribution in [0.3, 0.4) is 0 Å². The van der Waals surface area contributed by atoms with E-state index in [2.05, 4.69) is 20.5 Å². The number of rotatable bonds is 3. The predicted molar refractivity (Wildman–Crippen MR) is 84.1 cm³/mol. The van der Waals surface area contributed by atoms with Crippen LogP contribution in [0, 0.1) is 6.92 Å². The van der Waals surface area contributed by atoms with E-state index in [0.29, 0.717) is 26.8 Å². The number of benzene rings is 1. The third kappa shape index (κ3) is 3.82. The van der Waals surface area contributed by atoms with Crippen LogP contribution in [0.15, 0.2) is 29.4 Å². The van der Waals surface area contributed by atoms with Crippen molar-refractivity contribution in [3.8, 4) is 0 Å². The van der Waals surface area contributed by atoms with E-state index in [1.807, 2.05) is 13.0 Å². The second-order valence-electron chi connectivity index (χ2n) is 4.06. The summed E-state index contributed by atoms with van der Waals surface area (Å²) in [6.45, 7) is 3.61. The fraction of sp³-hybridized carbons (Fsp3) is 0.154. The Labute approximate surface area is 131 Å². The van der Waals surface area contributed by atoms with Crippen molar-refractivity contribution < 1.29 is 0 Å². The van der Waals surface area contributed by atoms with Gasteiger partial charge in [0.1, 0.15) is 11.0 Å². The highest BCUT2D eigenvalue weighted by Crippen LogP contribution is 2.23. The summed E-state index contributed by atoms with van der Waals surface area (Å²) in [5.74, 6) is 1.10. The van der Waals surface area contributed by atoms with Gasteiger partial charge in [0.15, 0.2) is 5.82 Å². The zero-order valence-electron chi connectivity index (χ0n) is 10.8. The third-order valence-electron chi connectivity index (χ3n) is 2.48. The summed E-state index contributed by atoms with van der Waals surface area (Å²) in [6, 6.07) is 6.92. The summed E-state index contributed by atoms with van der Waals surface area (Å²) in [6.07, 6.45) is 0. The highest BCUT2D eigenvalue weighted by molar-refractivity contribution is 6.42. The Morgan fingerprint density at radius 3 is 2.50 bits per heavy atom. The highest BCUT2D eigenvalue weighted by Gasteiger charge is 2.03. The molecule has 0 saturated carbocycles. The first-order chi connectivity index (χ1) is 9.45. The number of hydrazone groups is 1. The molecule has 104 valence electrons. The second kappa shape index (κ2) is 6.39. The van der Waals surface area contributed by atoms with Crippen molar-refractivity contribution in [2.75, 3.05) is 5.43 Å². The van der Waals surface area contributed by atoms with E-state index < -0.39 is 0 Å². The van der Waals surface area contributed by atoms with Crippen LogP contribution in [0.5, 0.6) is 0 Å². The monoisotopic (exact) mass is 328 g/mol. The molecular weight excluding hydrogens is 319 g/mol. The largest absolute Gasteiger partial charge is 0.261 e. The van der Waals surface area contributed by atoms with Crippen molar-refractivity contribution in [3.05, 3.63) is 50.9 Å². The van der Waals surface area contributed by atoms with Crippen LogP contribution in [0.2, 0.25) is 15.2 Å². The lowest BCUT2D eigenvalue weighted by Gasteiger charge is -2.05. The van der Waals surface area contributed by atoms with Gasteiger partial charge in [0.25, 0.3) is 0 Å². The fourth-order valence-corrected chi connectivity index (χ4v) is 2.04. The number of halogens is 3. The molecule has 4 nitrogen and oxygen atoms in total. The summed E-state index contributed by atoms with van der Waals surface area (Å²) in [5, 5.41) is 5.59. The van der Waals surface area contributed by atoms with Crippen molar-refractivity contribution >= 4 is 46.3 Å². The van der Waals surface area contributed by atoms with Crippen molar-refractivity contribution in [2.45, 2.75) is 13.8 Å². The van der Waals surface area contributed by atoms with Gasteiger partial charge in [-0.2, -0.15) is 5.10 Å². The number of anilines is 1. The van der Waals surface area contributed by atoms with E-state index in [1.165, 1.54) is 0 Å². The molecule has 0 radical (unpaired) electrons. The van der Waals surface area contributed by atoms with E-state index in [-0.39, 0.29) is 0 Å². The quantitative estimate of drug-likeness (QED) is 0.509. The molecule has 0 spiro atoms. The van der Waals surface area contributed by atoms with Gasteiger partial charge in [-0.05, 0) is 31.5 Å². The number of aryl methyl sites for hydroxylation is 1. The molecule has 0 bridgehead atoms. The first kappa shape index (κ1) is 15.0. The van der Waals surface area contributed by atoms with Crippen LogP contribution in [0.25, 0.3) is 0 Å². The van der Waals surface area contributed by atoms with Crippen LogP contribution >= 0.6 is 34.8 Å². The first-order valence-electron chi connectivity index (χ1n) is 5.72. The Balaban J connectivity index is 2.19. The standard InChI is InChI=1S/C13H11Cl3N4/c1-7(9-3-4-10(14)11(15)5-9)19-20-13-6-12(16)17-8(2)18-13/h3-6H,1-2H3,(H,17,18,20)/b19-7+. The summed E-state index contributed by atoms with van der Waals surface area (Å²) in [4.78, 5) is 8.14. The van der Waals surface area contributed by atoms with Crippen molar-refractivity contribution in [1.29, 1.82) is 0 Å². The average Bonchev–Trinajstić information content (AvgIpc) is 2.38. The molecule has 1 N–H and O–H groups in total. The molecule has 0 aliphatic carbocycles. The summed E-state index contributed by atoms with van der Waals surface area (Å²) in [7, 11) is 0. The second-order valence-corrected chi connectivity index (χ2v) is 5.26. The van der Waals surface area contributed by atoms with Crippen LogP contribution in [-0.4, -0.2) is 15.7 Å². The Hall–Kier alpha value is -1.36. The van der Waals surface area contributed by atoms with Gasteiger partial charge in [0, 0.05) is 6.07 Å². The maximum absolute atomic E-state index is 5.97. The van der Waals surface area contributed by atoms with Crippen molar-refractivity contribution in [1.82, 2.24) is 9.97 Å². The van der Waals surface area contributed by atoms with Gasteiger partial charge in [-0.15, -0.1) is 0 Å². The normalized spacial score (nSPS) is 11.6. The maximum Gasteiger partial charge on any atom is 0.151 e. The zero-order valence-corrected chi connectivity index (χ0v) is 13.1. The minimum atomic E-state index is 0.363. The molecule has 20 heavy (non-hydrogen) atoms. The van der Waals surface area contributed by atoms with Gasteiger partial charge in [-0.3, -0.25) is 5.43 Å². The molecule has 2 rings (SSSR count). The van der Waals surface area contributed by atoms with Gasteiger partial charge >= 0.3 is 0 Å². The Kier molecular flexibility index (Phi) is 4.81. The molecular formula is C13H11Cl3N4. The third-order valence-corrected chi connectivity index (χ3v) is 3.41. The van der Waals surface area contributed by atoms with E-state index >= 15 is 0 Å². The van der Waals surface area contributed by atoms with Crippen LogP contribution < -0.4 is 5.43 Å². The molecule has 1 aromatic heterocycles. The number of hydrogen-bond acceptors (Lipinski definition) is 4. The molecule has 1 aromatic carbocycles. The van der Waals surface area contributed by atoms with Crippen molar-refractivity contribution in [3.63, 3.8) is 0 Å². The lowest BCUT2D eigenvalue weighted by Crippen LogP contribution is -2.02. The molecule has 0 aliphatic rings. The van der Waals surface area contributed by atoms with Crippen molar-refractivity contribution in [2.24, 2.45) is 5.10 Å². The molecule has 0 unspecified atom stereocenters. The van der Waals surface area contributed by atoms with E-state index in [0.717, 1.165) is 11.3 Å². The molecule has 0 aliphatic heterocycles. The van der Waals surface area contributed by atoms with Gasteiger partial charge in [-0.1, -0.05) is 40.9 Å². The lowest BCUT2D eigenvalue weighted by atomic mass is 10.1. The Morgan fingerprint density at radius 1 is 1.10 bits per heavy atom. The van der Waals surface area contributed by atoms with Gasteiger partial charge < -0.3 is 0 Å². The predicted octanol–water partition coefficient (Wildman–Crippen LogP) is 4.58. The summed E-state index contributed by atoms with van der Waals surface area (Å²) < 4.78 is 0. The zero-order chi connectivity index (χ0) is 14.7. The molecule has 0 amide bonds. The molecule has 0 fully saturated rings. The Bertz CT molecular complexity index is 650. The van der Waals surface area contributed by atoms with Crippen LogP contribution in [-0.2, 0) is 0 Å². The lowest BCUT2D eigenvalue weighted by molar-refractivity contribution is 1.04. The number of aromatic nitrogens is 2. The number of nitrogens with zero attached hydrogens (tertiary/aromatic N) is 3. The highest BCUT2D eigenvalue weighted by atomic mass is 35.5. The number of hydrogen-bond donors (Lipinski definition) is 1. The van der Waals surface area contributed by atoms with E-state index in [9.17, 15) is 0 Å². The molecule has 0 saturated heterocycles. The van der Waals surface area contributed by atoms with E-state index in [1.54, 1.807) is 25.1 Å². The van der Waals surface area contributed by atoms with Gasteiger partial charge in [0.2, 0.25) is 0 Å². The average molecular weight is 330 g/mol. The fourth-order valence-electron chi connectivity index (χ4n) is 1.52. The Morgan fingerprint density at radius 2 is 1.85 bits per heavy atom. The van der Waals surface area contributed by atoms with Gasteiger partial charge in [0.05, 0.1) is 15.8 Å². The minimum absolute atomic E-state index is 0.363. The molecule has 1 heterocycles. The van der Waals surface area contributed by atoms with Gasteiger partial charge in [-0.25, -0.2) is 9.97 Å². The molecule has 2 aromatic rings. The number of nitrogens with one attached hydrogen (secondary N) is 1. The minimum Gasteiger partial charge on any atom is -0.261 e. The molecule has 0 atom stereocenters. The van der Waals surface area contributed by atoms with E-state index in [4.69, 9.17) is 34.8 Å². The smallest absolute Gasteiger partial charge is 0.151 e. The summed E-state index contributed by atoms with van der Waals surface area (Å²) >= 11 is 17.7. The first-order valence-corrected chi connectivity index (χ1v) is 6.86. The molecule has 7 heteroatoms. The van der Waals surface area contributed by atoms with Crippen LogP contribution in [0.4, 0.5) is 5.82 Å².